The maximum Gasteiger partial charge on any atom is 0.211 e. The minimum Gasteiger partial charge on any atom is -0.444 e. The van der Waals surface area contributed by atoms with Crippen LogP contribution in [0.4, 0.5) is 0 Å². The molecule has 1 aromatic rings. The van der Waals surface area contributed by atoms with Gasteiger partial charge in [-0.15, -0.1) is 0 Å². The van der Waals surface area contributed by atoms with Crippen LogP contribution in [-0.4, -0.2) is 11.5 Å². The predicted octanol–water partition coefficient (Wildman–Crippen LogP) is 1.79. The second-order valence-electron chi connectivity index (χ2n) is 3.47. The zero-order chi connectivity index (χ0) is 10.6. The van der Waals surface area contributed by atoms with E-state index in [1.165, 1.54) is 0 Å². The fourth-order valence-corrected chi connectivity index (χ4v) is 1.06. The Labute approximate surface area is 83.9 Å². The minimum atomic E-state index is 0.00788. The molecule has 4 heteroatoms. The van der Waals surface area contributed by atoms with Crippen LogP contribution in [0.25, 0.3) is 0 Å². The van der Waals surface area contributed by atoms with Crippen molar-refractivity contribution in [3.8, 4) is 6.07 Å². The summed E-state index contributed by atoms with van der Waals surface area (Å²) in [6.07, 6.45) is 1.70. The zero-order valence-corrected chi connectivity index (χ0v) is 8.74. The van der Waals surface area contributed by atoms with E-state index in [9.17, 15) is 0 Å². The third-order valence-corrected chi connectivity index (χ3v) is 1.96. The third kappa shape index (κ3) is 2.86. The summed E-state index contributed by atoms with van der Waals surface area (Å²) in [5, 5.41) is 11.8. The fraction of sp³-hybridized carbons (Fsp3) is 0.600. The molecule has 0 saturated carbocycles. The molecule has 0 saturated heterocycles. The Balaban J connectivity index is 2.43. The molecule has 0 aliphatic heterocycles. The molecule has 1 aromatic heterocycles. The first kappa shape index (κ1) is 10.7. The number of hydrogen-bond acceptors (Lipinski definition) is 4. The fourth-order valence-electron chi connectivity index (χ4n) is 1.06. The predicted molar refractivity (Wildman–Crippen MR) is 52.4 cm³/mol. The monoisotopic (exact) mass is 193 g/mol. The molecule has 0 bridgehead atoms. The van der Waals surface area contributed by atoms with Crippen molar-refractivity contribution in [3.05, 3.63) is 17.8 Å². The van der Waals surface area contributed by atoms with E-state index in [0.29, 0.717) is 12.4 Å². The van der Waals surface area contributed by atoms with Gasteiger partial charge in [0.15, 0.2) is 0 Å². The van der Waals surface area contributed by atoms with Gasteiger partial charge >= 0.3 is 0 Å². The number of aromatic nitrogens is 1. The third-order valence-electron chi connectivity index (χ3n) is 1.96. The number of aryl methyl sites for hydroxylation is 1. The quantitative estimate of drug-likeness (QED) is 0.791. The summed E-state index contributed by atoms with van der Waals surface area (Å²) in [6, 6.07) is 2.22. The van der Waals surface area contributed by atoms with E-state index in [2.05, 4.69) is 16.4 Å². The van der Waals surface area contributed by atoms with Crippen LogP contribution in [0.15, 0.2) is 10.6 Å². The molecular formula is C10H15N3O. The van der Waals surface area contributed by atoms with Crippen LogP contribution in [0.1, 0.15) is 31.5 Å². The van der Waals surface area contributed by atoms with E-state index >= 15 is 0 Å². The average Bonchev–Trinajstić information content (AvgIpc) is 2.60. The van der Waals surface area contributed by atoms with Gasteiger partial charge < -0.3 is 9.73 Å². The van der Waals surface area contributed by atoms with Crippen molar-refractivity contribution < 1.29 is 4.42 Å². The summed E-state index contributed by atoms with van der Waals surface area (Å²) in [7, 11) is 0. The molecule has 0 aliphatic carbocycles. The van der Waals surface area contributed by atoms with Crippen molar-refractivity contribution in [3.63, 3.8) is 0 Å². The molecule has 1 rings (SSSR count). The summed E-state index contributed by atoms with van der Waals surface area (Å²) in [5.41, 5.74) is 0. The average molecular weight is 193 g/mol. The van der Waals surface area contributed by atoms with Crippen LogP contribution in [-0.2, 0) is 0 Å². The SMILES string of the molecule is Cc1cnc(C(C)NCC(C)C#N)o1. The van der Waals surface area contributed by atoms with E-state index in [0.717, 1.165) is 5.76 Å². The first-order chi connectivity index (χ1) is 6.63. The second kappa shape index (κ2) is 4.77. The molecule has 2 atom stereocenters. The van der Waals surface area contributed by atoms with Crippen molar-refractivity contribution in [2.24, 2.45) is 5.92 Å². The highest BCUT2D eigenvalue weighted by Gasteiger charge is 2.11. The van der Waals surface area contributed by atoms with E-state index < -0.39 is 0 Å². The largest absolute Gasteiger partial charge is 0.444 e. The number of hydrogen-bond donors (Lipinski definition) is 1. The Morgan fingerprint density at radius 3 is 2.86 bits per heavy atom. The van der Waals surface area contributed by atoms with E-state index in [1.807, 2.05) is 20.8 Å². The Kier molecular flexibility index (Phi) is 3.66. The molecule has 1 heterocycles. The lowest BCUT2D eigenvalue weighted by Crippen LogP contribution is -2.24. The van der Waals surface area contributed by atoms with Crippen LogP contribution in [0.5, 0.6) is 0 Å². The molecule has 1 N–H and O–H groups in total. The number of nitrogens with zero attached hydrogens (tertiary/aromatic N) is 2. The van der Waals surface area contributed by atoms with E-state index in [1.54, 1.807) is 6.20 Å². The van der Waals surface area contributed by atoms with Crippen LogP contribution in [0.2, 0.25) is 0 Å². The van der Waals surface area contributed by atoms with Crippen molar-refractivity contribution >= 4 is 0 Å². The number of nitriles is 1. The van der Waals surface area contributed by atoms with Gasteiger partial charge in [-0.05, 0) is 20.8 Å². The highest BCUT2D eigenvalue weighted by atomic mass is 16.4. The molecule has 0 amide bonds. The van der Waals surface area contributed by atoms with Crippen molar-refractivity contribution in [2.45, 2.75) is 26.8 Å². The van der Waals surface area contributed by atoms with Gasteiger partial charge in [0.2, 0.25) is 5.89 Å². The molecule has 0 fully saturated rings. The molecule has 2 unspecified atom stereocenters. The molecular weight excluding hydrogens is 178 g/mol. The standard InChI is InChI=1S/C10H15N3O/c1-7(4-11)5-12-9(3)10-13-6-8(2)14-10/h6-7,9,12H,5H2,1-3H3. The maximum atomic E-state index is 8.59. The highest BCUT2D eigenvalue weighted by molar-refractivity contribution is 4.95. The first-order valence-corrected chi connectivity index (χ1v) is 4.68. The smallest absolute Gasteiger partial charge is 0.211 e. The normalized spacial score (nSPS) is 14.7. The second-order valence-corrected chi connectivity index (χ2v) is 3.47. The Morgan fingerprint density at radius 1 is 1.64 bits per heavy atom. The van der Waals surface area contributed by atoms with Crippen molar-refractivity contribution in [1.29, 1.82) is 5.26 Å². The first-order valence-electron chi connectivity index (χ1n) is 4.68. The molecule has 14 heavy (non-hydrogen) atoms. The van der Waals surface area contributed by atoms with Gasteiger partial charge in [0.25, 0.3) is 0 Å². The lowest BCUT2D eigenvalue weighted by atomic mass is 10.2. The van der Waals surface area contributed by atoms with Crippen molar-refractivity contribution in [2.75, 3.05) is 6.54 Å². The van der Waals surface area contributed by atoms with Gasteiger partial charge in [-0.1, -0.05) is 0 Å². The summed E-state index contributed by atoms with van der Waals surface area (Å²) in [4.78, 5) is 4.11. The van der Waals surface area contributed by atoms with Gasteiger partial charge in [-0.2, -0.15) is 5.26 Å². The lowest BCUT2D eigenvalue weighted by molar-refractivity contribution is 0.395. The molecule has 0 aromatic carbocycles. The zero-order valence-electron chi connectivity index (χ0n) is 8.74. The lowest BCUT2D eigenvalue weighted by Gasteiger charge is -2.10. The number of oxazole rings is 1. The van der Waals surface area contributed by atoms with E-state index in [4.69, 9.17) is 9.68 Å². The van der Waals surface area contributed by atoms with Crippen molar-refractivity contribution in [1.82, 2.24) is 10.3 Å². The summed E-state index contributed by atoms with van der Waals surface area (Å²) < 4.78 is 5.35. The summed E-state index contributed by atoms with van der Waals surface area (Å²) >= 11 is 0. The minimum absolute atomic E-state index is 0.00788. The molecule has 0 spiro atoms. The van der Waals surface area contributed by atoms with Gasteiger partial charge in [-0.3, -0.25) is 0 Å². The van der Waals surface area contributed by atoms with Gasteiger partial charge in [0.1, 0.15) is 5.76 Å². The van der Waals surface area contributed by atoms with Gasteiger partial charge in [0.05, 0.1) is 24.2 Å². The Morgan fingerprint density at radius 2 is 2.36 bits per heavy atom. The highest BCUT2D eigenvalue weighted by Crippen LogP contribution is 2.11. The Hall–Kier alpha value is -1.34. The van der Waals surface area contributed by atoms with Crippen LogP contribution >= 0.6 is 0 Å². The van der Waals surface area contributed by atoms with Crippen LogP contribution in [0.3, 0.4) is 0 Å². The summed E-state index contributed by atoms with van der Waals surface area (Å²) in [5.74, 6) is 1.49. The number of rotatable bonds is 4. The molecule has 76 valence electrons. The summed E-state index contributed by atoms with van der Waals surface area (Å²) in [6.45, 7) is 6.36. The Bertz CT molecular complexity index is 326. The maximum absolute atomic E-state index is 8.59. The van der Waals surface area contributed by atoms with Gasteiger partial charge in [-0.25, -0.2) is 4.98 Å². The van der Waals surface area contributed by atoms with E-state index in [-0.39, 0.29) is 12.0 Å². The molecule has 0 aliphatic rings. The molecule has 4 nitrogen and oxygen atoms in total. The molecule has 0 radical (unpaired) electrons. The number of nitrogens with one attached hydrogen (secondary N) is 1. The topological polar surface area (TPSA) is 61.9 Å². The van der Waals surface area contributed by atoms with Gasteiger partial charge in [0, 0.05) is 6.54 Å². The van der Waals surface area contributed by atoms with Crippen LogP contribution < -0.4 is 5.32 Å². The van der Waals surface area contributed by atoms with Crippen LogP contribution in [0, 0.1) is 24.2 Å².